The predicted molar refractivity (Wildman–Crippen MR) is 42.6 cm³/mol. The zero-order valence-electron chi connectivity index (χ0n) is 6.72. The number of rotatable bonds is 0. The Morgan fingerprint density at radius 1 is 0.636 bits per heavy atom. The van der Waals surface area contributed by atoms with Crippen molar-refractivity contribution in [3.8, 4) is 0 Å². The molecule has 8 heteroatoms. The largest absolute Gasteiger partial charge is 3.00 e. The summed E-state index contributed by atoms with van der Waals surface area (Å²) in [4.78, 5) is 9.75. The number of hydrogen-bond acceptors (Lipinski definition) is 3. The molecule has 60 valence electrons. The van der Waals surface area contributed by atoms with Crippen LogP contribution in [0.2, 0.25) is 0 Å². The van der Waals surface area contributed by atoms with E-state index in [1.807, 2.05) is 0 Å². The molecule has 0 aromatic heterocycles. The second kappa shape index (κ2) is 71.4. The van der Waals surface area contributed by atoms with Crippen LogP contribution in [0.3, 0.4) is 0 Å². The molecular weight excluding hydrogens is 180 g/mol. The Hall–Kier alpha value is 0.825. The SMILES string of the molecule is CO[N-2].CO[N-2].CO[N-2].[Al+3].[Al+3]. The van der Waals surface area contributed by atoms with Crippen molar-refractivity contribution >= 4 is 34.7 Å². The van der Waals surface area contributed by atoms with E-state index in [1.54, 1.807) is 0 Å². The van der Waals surface area contributed by atoms with Gasteiger partial charge in [-0.1, -0.05) is 0 Å². The molecule has 0 fully saturated rings. The second-order valence-electron chi connectivity index (χ2n) is 0.548. The molecule has 0 spiro atoms. The summed E-state index contributed by atoms with van der Waals surface area (Å²) >= 11 is 0. The van der Waals surface area contributed by atoms with Gasteiger partial charge in [-0.3, -0.25) is 0 Å². The zero-order valence-corrected chi connectivity index (χ0v) is 9.03. The van der Waals surface area contributed by atoms with Gasteiger partial charge in [-0.2, -0.15) is 0 Å². The second-order valence-corrected chi connectivity index (χ2v) is 0.548. The summed E-state index contributed by atoms with van der Waals surface area (Å²) in [6, 6.07) is 0. The molecule has 0 aromatic carbocycles. The minimum absolute atomic E-state index is 0. The van der Waals surface area contributed by atoms with E-state index in [0.29, 0.717) is 0 Å². The molecule has 6 nitrogen and oxygen atoms in total. The molecule has 0 heterocycles. The molecule has 0 N–H and O–H groups in total. The third-order valence-corrected chi connectivity index (χ3v) is 0. The average molecular weight is 189 g/mol. The fraction of sp³-hybridized carbons (Fsp3) is 1.00. The monoisotopic (exact) mass is 189 g/mol. The molecule has 0 atom stereocenters. The summed E-state index contributed by atoms with van der Waals surface area (Å²) in [5, 5.41) is 0. The quantitative estimate of drug-likeness (QED) is 0.407. The third-order valence-electron chi connectivity index (χ3n) is 0. The molecule has 11 heavy (non-hydrogen) atoms. The van der Waals surface area contributed by atoms with Crippen LogP contribution in [-0.2, 0) is 14.5 Å². The van der Waals surface area contributed by atoms with Crippen molar-refractivity contribution in [2.75, 3.05) is 21.3 Å². The van der Waals surface area contributed by atoms with Gasteiger partial charge in [0.1, 0.15) is 0 Å². The van der Waals surface area contributed by atoms with Crippen LogP contribution in [0.1, 0.15) is 0 Å². The summed E-state index contributed by atoms with van der Waals surface area (Å²) in [6.07, 6.45) is 0. The Morgan fingerprint density at radius 3 is 0.636 bits per heavy atom. The Balaban J connectivity index is -0.0000000150. The van der Waals surface area contributed by atoms with E-state index >= 15 is 0 Å². The van der Waals surface area contributed by atoms with E-state index in [9.17, 15) is 0 Å². The Labute approximate surface area is 88.5 Å². The van der Waals surface area contributed by atoms with Gasteiger partial charge in [0.25, 0.3) is 0 Å². The van der Waals surface area contributed by atoms with Crippen molar-refractivity contribution in [3.63, 3.8) is 0 Å². The fourth-order valence-corrected chi connectivity index (χ4v) is 0. The van der Waals surface area contributed by atoms with E-state index in [0.717, 1.165) is 0 Å². The molecule has 0 amide bonds. The number of nitrogens with zero attached hydrogens (tertiary/aromatic N) is 3. The van der Waals surface area contributed by atoms with Gasteiger partial charge in [-0.15, -0.1) is 0 Å². The Bertz CT molecular complexity index is 26.5. The maximum atomic E-state index is 7.07. The van der Waals surface area contributed by atoms with Crippen LogP contribution in [0, 0.1) is 0 Å². The van der Waals surface area contributed by atoms with Crippen molar-refractivity contribution in [1.82, 2.24) is 0 Å². The van der Waals surface area contributed by atoms with Gasteiger partial charge in [-0.25, -0.2) is 0 Å². The minimum Gasteiger partial charge on any atom is -1.42 e. The van der Waals surface area contributed by atoms with E-state index in [2.05, 4.69) is 14.5 Å². The first-order valence-electron chi connectivity index (χ1n) is 1.77. The molecule has 0 rings (SSSR count). The van der Waals surface area contributed by atoms with E-state index in [4.69, 9.17) is 17.7 Å². The first-order valence-corrected chi connectivity index (χ1v) is 1.77. The van der Waals surface area contributed by atoms with Crippen LogP contribution >= 0.6 is 0 Å². The van der Waals surface area contributed by atoms with Crippen molar-refractivity contribution in [2.45, 2.75) is 0 Å². The maximum absolute atomic E-state index is 7.07. The molecule has 0 saturated heterocycles. The first-order chi connectivity index (χ1) is 4.24. The van der Waals surface area contributed by atoms with Crippen molar-refractivity contribution in [1.29, 1.82) is 0 Å². The average Bonchev–Trinajstić information content (AvgIpc) is 1.70. The van der Waals surface area contributed by atoms with Crippen LogP contribution < -0.4 is 0 Å². The van der Waals surface area contributed by atoms with Gasteiger partial charge < -0.3 is 32.2 Å². The van der Waals surface area contributed by atoms with Gasteiger partial charge in [-0.05, 0) is 21.3 Å². The summed E-state index contributed by atoms with van der Waals surface area (Å²) in [7, 11) is 3.54. The molecule has 0 aliphatic rings. The minimum atomic E-state index is 0. The molecule has 0 aliphatic heterocycles. The molecule has 0 saturated carbocycles. The zero-order chi connectivity index (χ0) is 8.12. The van der Waals surface area contributed by atoms with Crippen LogP contribution in [0.4, 0.5) is 0 Å². The molecule has 0 unspecified atom stereocenters. The van der Waals surface area contributed by atoms with E-state index in [1.165, 1.54) is 21.3 Å². The molecule has 0 bridgehead atoms. The summed E-state index contributed by atoms with van der Waals surface area (Å²) < 4.78 is 0. The first kappa shape index (κ1) is 29.7. The van der Waals surface area contributed by atoms with Crippen molar-refractivity contribution in [3.05, 3.63) is 17.7 Å². The van der Waals surface area contributed by atoms with Gasteiger partial charge >= 0.3 is 34.7 Å². The Morgan fingerprint density at radius 2 is 0.636 bits per heavy atom. The topological polar surface area (TPSA) is 94.6 Å². The third kappa shape index (κ3) is 1240. The molecule has 0 aromatic rings. The molecule has 0 radical (unpaired) electrons. The molecule has 0 aliphatic carbocycles. The fourth-order valence-electron chi connectivity index (χ4n) is 0. The van der Waals surface area contributed by atoms with Crippen LogP contribution in [0.25, 0.3) is 17.7 Å². The standard InChI is InChI=1S/3CH3NO.2Al/c3*1-3-2;;/h3*1H3;;/q3*-2;2*+3. The van der Waals surface area contributed by atoms with Crippen molar-refractivity contribution in [2.24, 2.45) is 0 Å². The summed E-state index contributed by atoms with van der Waals surface area (Å²) in [5.74, 6) is 21.2. The maximum Gasteiger partial charge on any atom is 3.00 e. The Kier molecular flexibility index (Phi) is 193. The summed E-state index contributed by atoms with van der Waals surface area (Å²) in [5.41, 5.74) is 0. The normalized spacial score (nSPS) is 4.91. The molecular formula is C3H9Al2N3O3. The van der Waals surface area contributed by atoms with E-state index < -0.39 is 0 Å². The smallest absolute Gasteiger partial charge is 1.42 e. The number of hydrogen-bond donors (Lipinski definition) is 0. The van der Waals surface area contributed by atoms with Gasteiger partial charge in [0.2, 0.25) is 0 Å². The van der Waals surface area contributed by atoms with Gasteiger partial charge in [0.15, 0.2) is 0 Å². The van der Waals surface area contributed by atoms with Gasteiger partial charge in [0.05, 0.1) is 0 Å². The van der Waals surface area contributed by atoms with Gasteiger partial charge in [0, 0.05) is 0 Å². The van der Waals surface area contributed by atoms with Crippen LogP contribution in [0.5, 0.6) is 0 Å². The predicted octanol–water partition coefficient (Wildman–Crippen LogP) is 0.396. The van der Waals surface area contributed by atoms with Crippen LogP contribution in [-0.4, -0.2) is 56.1 Å². The van der Waals surface area contributed by atoms with Crippen molar-refractivity contribution < 1.29 is 14.5 Å². The van der Waals surface area contributed by atoms with Crippen LogP contribution in [0.15, 0.2) is 0 Å². The van der Waals surface area contributed by atoms with E-state index in [-0.39, 0.29) is 34.7 Å². The summed E-state index contributed by atoms with van der Waals surface area (Å²) in [6.45, 7) is 0.